The second-order valence-corrected chi connectivity index (χ2v) is 4.41. The van der Waals surface area contributed by atoms with Crippen molar-refractivity contribution in [2.45, 2.75) is 39.7 Å². The lowest BCUT2D eigenvalue weighted by molar-refractivity contribution is 0.338. The van der Waals surface area contributed by atoms with Crippen LogP contribution in [0.3, 0.4) is 0 Å². The Bertz CT molecular complexity index is 313. The molecule has 0 aromatic carbocycles. The highest BCUT2D eigenvalue weighted by atomic mass is 16.5. The van der Waals surface area contributed by atoms with E-state index in [2.05, 4.69) is 18.8 Å². The third kappa shape index (κ3) is 4.19. The number of aryl methyl sites for hydroxylation is 1. The van der Waals surface area contributed by atoms with E-state index in [1.54, 1.807) is 6.20 Å². The molecule has 90 valence electrons. The second-order valence-electron chi connectivity index (χ2n) is 4.41. The average molecular weight is 222 g/mol. The molecule has 0 fully saturated rings. The molecule has 0 saturated heterocycles. The van der Waals surface area contributed by atoms with Crippen molar-refractivity contribution in [1.82, 2.24) is 4.98 Å². The van der Waals surface area contributed by atoms with E-state index in [0.29, 0.717) is 12.5 Å². The minimum atomic E-state index is 0.260. The molecular weight excluding hydrogens is 200 g/mol. The van der Waals surface area contributed by atoms with Crippen molar-refractivity contribution < 1.29 is 4.74 Å². The molecule has 2 N–H and O–H groups in total. The first kappa shape index (κ1) is 13.0. The Labute approximate surface area is 98.0 Å². The zero-order valence-electron chi connectivity index (χ0n) is 10.4. The first-order chi connectivity index (χ1) is 7.63. The molecule has 0 aliphatic rings. The van der Waals surface area contributed by atoms with Crippen LogP contribution in [0.25, 0.3) is 0 Å². The molecule has 1 heterocycles. The largest absolute Gasteiger partial charge is 0.492 e. The summed E-state index contributed by atoms with van der Waals surface area (Å²) in [4.78, 5) is 4.16. The van der Waals surface area contributed by atoms with Gasteiger partial charge in [0, 0.05) is 12.2 Å². The van der Waals surface area contributed by atoms with Crippen molar-refractivity contribution in [3.8, 4) is 5.75 Å². The van der Waals surface area contributed by atoms with Crippen LogP contribution in [0.4, 0.5) is 0 Å². The fraction of sp³-hybridized carbons (Fsp3) is 0.615. The third-order valence-electron chi connectivity index (χ3n) is 2.70. The molecule has 0 bridgehead atoms. The van der Waals surface area contributed by atoms with E-state index in [4.69, 9.17) is 10.5 Å². The lowest BCUT2D eigenvalue weighted by atomic mass is 9.98. The molecule has 1 aromatic heterocycles. The number of aromatic nitrogens is 1. The van der Waals surface area contributed by atoms with Crippen molar-refractivity contribution in [1.29, 1.82) is 0 Å². The fourth-order valence-electron chi connectivity index (χ4n) is 1.51. The van der Waals surface area contributed by atoms with Crippen LogP contribution in [0.1, 0.15) is 32.8 Å². The van der Waals surface area contributed by atoms with Gasteiger partial charge >= 0.3 is 0 Å². The minimum absolute atomic E-state index is 0.260. The van der Waals surface area contributed by atoms with Gasteiger partial charge in [0.05, 0.1) is 12.8 Å². The zero-order valence-corrected chi connectivity index (χ0v) is 10.4. The lowest BCUT2D eigenvalue weighted by Crippen LogP contribution is -2.26. The molecule has 0 radical (unpaired) electrons. The van der Waals surface area contributed by atoms with Crippen LogP contribution in [-0.2, 0) is 6.42 Å². The maximum Gasteiger partial charge on any atom is 0.137 e. The molecule has 0 saturated carbocycles. The molecule has 0 aliphatic heterocycles. The van der Waals surface area contributed by atoms with E-state index >= 15 is 0 Å². The quantitative estimate of drug-likeness (QED) is 0.804. The Hall–Kier alpha value is -1.09. The van der Waals surface area contributed by atoms with Crippen LogP contribution < -0.4 is 10.5 Å². The van der Waals surface area contributed by atoms with Gasteiger partial charge < -0.3 is 10.5 Å². The number of hydrogen-bond donors (Lipinski definition) is 1. The Kier molecular flexibility index (Phi) is 5.26. The van der Waals surface area contributed by atoms with Crippen LogP contribution in [0.5, 0.6) is 5.75 Å². The van der Waals surface area contributed by atoms with Crippen LogP contribution >= 0.6 is 0 Å². The standard InChI is InChI=1S/C13H22N2O/c1-4-16-12-7-11(8-15-9-12)5-6-13(14)10(2)3/h7-10,13H,4-6,14H2,1-3H3. The Morgan fingerprint density at radius 1 is 1.38 bits per heavy atom. The molecule has 16 heavy (non-hydrogen) atoms. The van der Waals surface area contributed by atoms with Gasteiger partial charge in [0.25, 0.3) is 0 Å². The maximum atomic E-state index is 6.01. The van der Waals surface area contributed by atoms with Crippen LogP contribution in [0.15, 0.2) is 18.5 Å². The van der Waals surface area contributed by atoms with Gasteiger partial charge in [0.1, 0.15) is 5.75 Å². The minimum Gasteiger partial charge on any atom is -0.492 e. The highest BCUT2D eigenvalue weighted by Gasteiger charge is 2.07. The van der Waals surface area contributed by atoms with E-state index in [-0.39, 0.29) is 6.04 Å². The summed E-state index contributed by atoms with van der Waals surface area (Å²) in [6.07, 6.45) is 5.59. The highest BCUT2D eigenvalue weighted by molar-refractivity contribution is 5.23. The molecule has 0 aliphatic carbocycles. The Morgan fingerprint density at radius 3 is 2.75 bits per heavy atom. The van der Waals surface area contributed by atoms with E-state index in [1.807, 2.05) is 19.2 Å². The Morgan fingerprint density at radius 2 is 2.12 bits per heavy atom. The van der Waals surface area contributed by atoms with E-state index in [9.17, 15) is 0 Å². The summed E-state index contributed by atoms with van der Waals surface area (Å²) >= 11 is 0. The number of hydrogen-bond acceptors (Lipinski definition) is 3. The second kappa shape index (κ2) is 6.48. The topological polar surface area (TPSA) is 48.1 Å². The maximum absolute atomic E-state index is 6.01. The first-order valence-electron chi connectivity index (χ1n) is 5.95. The lowest BCUT2D eigenvalue weighted by Gasteiger charge is -2.15. The molecule has 0 amide bonds. The van der Waals surface area contributed by atoms with Gasteiger partial charge in [-0.15, -0.1) is 0 Å². The van der Waals surface area contributed by atoms with Crippen molar-refractivity contribution >= 4 is 0 Å². The SMILES string of the molecule is CCOc1cncc(CCC(N)C(C)C)c1. The molecular formula is C13H22N2O. The summed E-state index contributed by atoms with van der Waals surface area (Å²) in [5, 5.41) is 0. The predicted molar refractivity (Wildman–Crippen MR) is 66.5 cm³/mol. The average Bonchev–Trinajstić information content (AvgIpc) is 2.26. The third-order valence-corrected chi connectivity index (χ3v) is 2.70. The van der Waals surface area contributed by atoms with E-state index in [0.717, 1.165) is 18.6 Å². The van der Waals surface area contributed by atoms with Gasteiger partial charge in [-0.05, 0) is 37.3 Å². The molecule has 1 atom stereocenters. The van der Waals surface area contributed by atoms with E-state index in [1.165, 1.54) is 5.56 Å². The molecule has 1 aromatic rings. The van der Waals surface area contributed by atoms with Gasteiger partial charge in [-0.3, -0.25) is 4.98 Å². The predicted octanol–water partition coefficient (Wildman–Crippen LogP) is 2.40. The smallest absolute Gasteiger partial charge is 0.137 e. The van der Waals surface area contributed by atoms with Crippen molar-refractivity contribution in [3.05, 3.63) is 24.0 Å². The number of ether oxygens (including phenoxy) is 1. The number of nitrogens with two attached hydrogens (primary N) is 1. The monoisotopic (exact) mass is 222 g/mol. The van der Waals surface area contributed by atoms with Gasteiger partial charge in [0.15, 0.2) is 0 Å². The molecule has 3 heteroatoms. The number of rotatable bonds is 6. The van der Waals surface area contributed by atoms with Gasteiger partial charge in [-0.1, -0.05) is 13.8 Å². The summed E-state index contributed by atoms with van der Waals surface area (Å²) in [5.74, 6) is 1.38. The summed E-state index contributed by atoms with van der Waals surface area (Å²) in [7, 11) is 0. The summed E-state index contributed by atoms with van der Waals surface area (Å²) in [5.41, 5.74) is 7.21. The first-order valence-corrected chi connectivity index (χ1v) is 5.95. The summed E-state index contributed by atoms with van der Waals surface area (Å²) < 4.78 is 5.41. The molecule has 0 spiro atoms. The number of nitrogens with zero attached hydrogens (tertiary/aromatic N) is 1. The fourth-order valence-corrected chi connectivity index (χ4v) is 1.51. The van der Waals surface area contributed by atoms with Gasteiger partial charge in [-0.25, -0.2) is 0 Å². The van der Waals surface area contributed by atoms with Crippen molar-refractivity contribution in [3.63, 3.8) is 0 Å². The highest BCUT2D eigenvalue weighted by Crippen LogP contribution is 2.14. The van der Waals surface area contributed by atoms with E-state index < -0.39 is 0 Å². The molecule has 1 rings (SSSR count). The van der Waals surface area contributed by atoms with Crippen LogP contribution in [0, 0.1) is 5.92 Å². The molecule has 3 nitrogen and oxygen atoms in total. The van der Waals surface area contributed by atoms with Gasteiger partial charge in [-0.2, -0.15) is 0 Å². The molecule has 1 unspecified atom stereocenters. The van der Waals surface area contributed by atoms with Crippen molar-refractivity contribution in [2.75, 3.05) is 6.61 Å². The number of pyridine rings is 1. The zero-order chi connectivity index (χ0) is 12.0. The Balaban J connectivity index is 2.50. The van der Waals surface area contributed by atoms with Gasteiger partial charge in [0.2, 0.25) is 0 Å². The summed E-state index contributed by atoms with van der Waals surface area (Å²) in [6, 6.07) is 2.31. The van der Waals surface area contributed by atoms with Crippen molar-refractivity contribution in [2.24, 2.45) is 11.7 Å². The summed E-state index contributed by atoms with van der Waals surface area (Å²) in [6.45, 7) is 6.96. The van der Waals surface area contributed by atoms with Crippen LogP contribution in [-0.4, -0.2) is 17.6 Å². The van der Waals surface area contributed by atoms with Crippen LogP contribution in [0.2, 0.25) is 0 Å². The normalized spacial score (nSPS) is 12.8.